The molecule has 2 rings (SSSR count). The van der Waals surface area contributed by atoms with Crippen molar-refractivity contribution in [2.75, 3.05) is 5.32 Å². The van der Waals surface area contributed by atoms with Gasteiger partial charge in [-0.1, -0.05) is 55.5 Å². The van der Waals surface area contributed by atoms with Crippen LogP contribution in [0.1, 0.15) is 24.8 Å². The molecule has 0 aliphatic carbocycles. The Morgan fingerprint density at radius 2 is 1.55 bits per heavy atom. The first-order valence-electron chi connectivity index (χ1n) is 7.20. The van der Waals surface area contributed by atoms with Crippen molar-refractivity contribution in [3.63, 3.8) is 0 Å². The van der Waals surface area contributed by atoms with Crippen LogP contribution in [0.25, 0.3) is 0 Å². The minimum absolute atomic E-state index is 0.180. The highest BCUT2D eigenvalue weighted by Gasteiger charge is 2.28. The lowest BCUT2D eigenvalue weighted by atomic mass is 9.84. The molecule has 0 aromatic heterocycles. The fourth-order valence-electron chi connectivity index (χ4n) is 2.43. The lowest BCUT2D eigenvalue weighted by Crippen LogP contribution is -2.29. The molecule has 2 atom stereocenters. The quantitative estimate of drug-likeness (QED) is 0.857. The summed E-state index contributed by atoms with van der Waals surface area (Å²) in [6.07, 6.45) is -0.200. The van der Waals surface area contributed by atoms with Gasteiger partial charge in [0.1, 0.15) is 0 Å². The van der Waals surface area contributed by atoms with Gasteiger partial charge in [-0.2, -0.15) is 0 Å². The Kier molecular flexibility index (Phi) is 5.31. The molecule has 2 N–H and O–H groups in total. The van der Waals surface area contributed by atoms with Crippen molar-refractivity contribution in [1.82, 2.24) is 0 Å². The van der Waals surface area contributed by atoms with Crippen molar-refractivity contribution in [1.29, 1.82) is 0 Å². The van der Waals surface area contributed by atoms with E-state index in [4.69, 9.17) is 5.11 Å². The average molecular weight is 297 g/mol. The monoisotopic (exact) mass is 297 g/mol. The zero-order chi connectivity index (χ0) is 15.9. The van der Waals surface area contributed by atoms with E-state index >= 15 is 0 Å². The number of para-hydroxylation sites is 1. The molecular weight excluding hydrogens is 278 g/mol. The molecule has 22 heavy (non-hydrogen) atoms. The first-order chi connectivity index (χ1) is 10.6. The van der Waals surface area contributed by atoms with Gasteiger partial charge in [0.25, 0.3) is 0 Å². The number of hydrogen-bond donors (Lipinski definition) is 2. The average Bonchev–Trinajstić information content (AvgIpc) is 2.53. The second-order valence-electron chi connectivity index (χ2n) is 5.26. The Bertz CT molecular complexity index is 625. The van der Waals surface area contributed by atoms with Crippen molar-refractivity contribution in [2.24, 2.45) is 5.92 Å². The molecule has 2 aromatic rings. The first-order valence-corrected chi connectivity index (χ1v) is 7.20. The second kappa shape index (κ2) is 7.41. The molecule has 0 aliphatic rings. The zero-order valence-electron chi connectivity index (χ0n) is 12.4. The van der Waals surface area contributed by atoms with Gasteiger partial charge >= 0.3 is 5.97 Å². The van der Waals surface area contributed by atoms with Gasteiger partial charge in [-0.05, 0) is 23.6 Å². The number of carbonyl (C=O) groups is 2. The lowest BCUT2D eigenvalue weighted by Gasteiger charge is -2.22. The van der Waals surface area contributed by atoms with Gasteiger partial charge in [-0.15, -0.1) is 0 Å². The molecule has 0 bridgehead atoms. The van der Waals surface area contributed by atoms with E-state index in [2.05, 4.69) is 5.32 Å². The Balaban J connectivity index is 2.18. The van der Waals surface area contributed by atoms with Crippen molar-refractivity contribution in [2.45, 2.75) is 19.3 Å². The van der Waals surface area contributed by atoms with Crippen molar-refractivity contribution in [3.8, 4) is 0 Å². The third-order valence-electron chi connectivity index (χ3n) is 3.70. The first kappa shape index (κ1) is 15.8. The molecule has 4 heteroatoms. The van der Waals surface area contributed by atoms with Crippen LogP contribution in [0, 0.1) is 5.92 Å². The van der Waals surface area contributed by atoms with Gasteiger partial charge < -0.3 is 10.4 Å². The number of amides is 1. The predicted molar refractivity (Wildman–Crippen MR) is 85.7 cm³/mol. The Hall–Kier alpha value is -2.62. The number of carbonyl (C=O) groups excluding carboxylic acids is 1. The molecule has 0 heterocycles. The summed E-state index contributed by atoms with van der Waals surface area (Å²) in [5, 5.41) is 11.9. The molecular formula is C18H19NO3. The fourth-order valence-corrected chi connectivity index (χ4v) is 2.43. The molecule has 4 nitrogen and oxygen atoms in total. The molecule has 114 valence electrons. The predicted octanol–water partition coefficient (Wildman–Crippen LogP) is 3.52. The van der Waals surface area contributed by atoms with Crippen LogP contribution in [0.3, 0.4) is 0 Å². The summed E-state index contributed by atoms with van der Waals surface area (Å²) in [7, 11) is 0. The summed E-state index contributed by atoms with van der Waals surface area (Å²) in [4.78, 5) is 23.6. The van der Waals surface area contributed by atoms with Crippen LogP contribution in [-0.4, -0.2) is 17.0 Å². The molecule has 0 radical (unpaired) electrons. The number of benzene rings is 2. The number of nitrogens with one attached hydrogen (secondary N) is 1. The Morgan fingerprint density at radius 1 is 1.00 bits per heavy atom. The Morgan fingerprint density at radius 3 is 2.09 bits per heavy atom. The molecule has 0 saturated carbocycles. The lowest BCUT2D eigenvalue weighted by molar-refractivity contribution is -0.140. The molecule has 0 unspecified atom stereocenters. The summed E-state index contributed by atoms with van der Waals surface area (Å²) < 4.78 is 0. The van der Waals surface area contributed by atoms with Gasteiger partial charge in [0.05, 0.1) is 12.3 Å². The normalized spacial score (nSPS) is 13.1. The van der Waals surface area contributed by atoms with Gasteiger partial charge in [0.15, 0.2) is 0 Å². The molecule has 0 fully saturated rings. The highest BCUT2D eigenvalue weighted by Crippen LogP contribution is 2.28. The van der Waals surface area contributed by atoms with Crippen LogP contribution < -0.4 is 5.32 Å². The van der Waals surface area contributed by atoms with Crippen LogP contribution in [0.2, 0.25) is 0 Å². The van der Waals surface area contributed by atoms with E-state index in [1.807, 2.05) is 55.5 Å². The van der Waals surface area contributed by atoms with E-state index in [0.29, 0.717) is 5.69 Å². The van der Waals surface area contributed by atoms with Gasteiger partial charge in [-0.25, -0.2) is 0 Å². The van der Waals surface area contributed by atoms with Crippen LogP contribution >= 0.6 is 0 Å². The summed E-state index contributed by atoms with van der Waals surface area (Å²) >= 11 is 0. The molecule has 0 spiro atoms. The third kappa shape index (κ3) is 4.19. The van der Waals surface area contributed by atoms with Crippen LogP contribution in [0.5, 0.6) is 0 Å². The Labute approximate surface area is 129 Å². The molecule has 1 amide bonds. The van der Waals surface area contributed by atoms with Gasteiger partial charge in [0.2, 0.25) is 5.91 Å². The number of aliphatic carboxylic acids is 1. The van der Waals surface area contributed by atoms with Crippen LogP contribution in [0.15, 0.2) is 60.7 Å². The minimum Gasteiger partial charge on any atom is -0.481 e. The number of anilines is 1. The maximum Gasteiger partial charge on any atom is 0.304 e. The van der Waals surface area contributed by atoms with E-state index < -0.39 is 11.9 Å². The molecule has 0 saturated heterocycles. The topological polar surface area (TPSA) is 66.4 Å². The SMILES string of the molecule is C[C@@H](c1ccccc1)[C@H](CC(=O)O)C(=O)Nc1ccccc1. The van der Waals surface area contributed by atoms with Crippen LogP contribution in [0.4, 0.5) is 5.69 Å². The number of carboxylic acids is 1. The van der Waals surface area contributed by atoms with Gasteiger partial charge in [-0.3, -0.25) is 9.59 Å². The van der Waals surface area contributed by atoms with Crippen molar-refractivity contribution >= 4 is 17.6 Å². The standard InChI is InChI=1S/C18H19NO3/c1-13(14-8-4-2-5-9-14)16(12-17(20)21)18(22)19-15-10-6-3-7-11-15/h2-11,13,16H,12H2,1H3,(H,19,22)(H,20,21)/t13-,16-/m0/s1. The molecule has 2 aromatic carbocycles. The molecule has 0 aliphatic heterocycles. The van der Waals surface area contributed by atoms with E-state index in [0.717, 1.165) is 5.56 Å². The fraction of sp³-hybridized carbons (Fsp3) is 0.222. The van der Waals surface area contributed by atoms with Crippen molar-refractivity contribution < 1.29 is 14.7 Å². The van der Waals surface area contributed by atoms with E-state index in [-0.39, 0.29) is 18.2 Å². The van der Waals surface area contributed by atoms with Crippen molar-refractivity contribution in [3.05, 3.63) is 66.2 Å². The number of hydrogen-bond acceptors (Lipinski definition) is 2. The van der Waals surface area contributed by atoms with E-state index in [1.54, 1.807) is 12.1 Å². The number of rotatable bonds is 6. The smallest absolute Gasteiger partial charge is 0.304 e. The summed E-state index contributed by atoms with van der Waals surface area (Å²) in [6.45, 7) is 1.88. The minimum atomic E-state index is -0.976. The van der Waals surface area contributed by atoms with E-state index in [1.165, 1.54) is 0 Å². The third-order valence-corrected chi connectivity index (χ3v) is 3.70. The number of carboxylic acid groups (broad SMARTS) is 1. The summed E-state index contributed by atoms with van der Waals surface area (Å²) in [5.74, 6) is -2.05. The van der Waals surface area contributed by atoms with Crippen LogP contribution in [-0.2, 0) is 9.59 Å². The summed E-state index contributed by atoms with van der Waals surface area (Å²) in [6, 6.07) is 18.6. The maximum absolute atomic E-state index is 12.5. The largest absolute Gasteiger partial charge is 0.481 e. The second-order valence-corrected chi connectivity index (χ2v) is 5.26. The maximum atomic E-state index is 12.5. The highest BCUT2D eigenvalue weighted by atomic mass is 16.4. The van der Waals surface area contributed by atoms with E-state index in [9.17, 15) is 9.59 Å². The summed E-state index contributed by atoms with van der Waals surface area (Å²) in [5.41, 5.74) is 1.63. The zero-order valence-corrected chi connectivity index (χ0v) is 12.4. The highest BCUT2D eigenvalue weighted by molar-refractivity contribution is 5.95. The van der Waals surface area contributed by atoms with Gasteiger partial charge in [0, 0.05) is 5.69 Å².